The molecule has 2 aliphatic rings. The molecule has 0 saturated heterocycles. The predicted octanol–water partition coefficient (Wildman–Crippen LogP) is 4.29. The maximum atomic E-state index is 2.23. The van der Waals surface area contributed by atoms with Gasteiger partial charge in [0.15, 0.2) is 0 Å². The standard InChI is InChI=1S/C11H20S2.Fe/c1-2-6-10(5-1)12-9-13-11-7-3-4-8-11;/h10-11H,1-9H2;. The second-order valence-electron chi connectivity index (χ2n) is 4.26. The van der Waals surface area contributed by atoms with Gasteiger partial charge < -0.3 is 0 Å². The zero-order valence-corrected chi connectivity index (χ0v) is 11.4. The normalized spacial score (nSPS) is 24.0. The molecule has 0 N–H and O–H groups in total. The van der Waals surface area contributed by atoms with E-state index in [9.17, 15) is 0 Å². The first-order valence-electron chi connectivity index (χ1n) is 5.68. The molecule has 0 radical (unpaired) electrons. The zero-order valence-electron chi connectivity index (χ0n) is 8.69. The molecule has 2 rings (SSSR count). The van der Waals surface area contributed by atoms with Crippen LogP contribution in [0.5, 0.6) is 0 Å². The Balaban J connectivity index is 0.000000980. The third kappa shape index (κ3) is 4.38. The topological polar surface area (TPSA) is 0 Å². The first kappa shape index (κ1) is 13.3. The van der Waals surface area contributed by atoms with Gasteiger partial charge in [-0.05, 0) is 25.7 Å². The summed E-state index contributed by atoms with van der Waals surface area (Å²) in [6.45, 7) is 0. The molecule has 0 aromatic carbocycles. The minimum atomic E-state index is 0. The van der Waals surface area contributed by atoms with E-state index in [1.807, 2.05) is 0 Å². The molecule has 3 heteroatoms. The molecular weight excluding hydrogens is 252 g/mol. The van der Waals surface area contributed by atoms with Gasteiger partial charge in [0.05, 0.1) is 0 Å². The Morgan fingerprint density at radius 3 is 1.43 bits per heavy atom. The molecule has 0 nitrogen and oxygen atoms in total. The SMILES string of the molecule is C1CCC(SCSC2CCCC2)C1.[Fe]. The Hall–Kier alpha value is 1.22. The van der Waals surface area contributed by atoms with Gasteiger partial charge in [-0.15, -0.1) is 23.5 Å². The van der Waals surface area contributed by atoms with Gasteiger partial charge in [0, 0.05) is 32.7 Å². The van der Waals surface area contributed by atoms with Gasteiger partial charge in [-0.25, -0.2) is 0 Å². The predicted molar refractivity (Wildman–Crippen MR) is 64.6 cm³/mol. The van der Waals surface area contributed by atoms with Crippen molar-refractivity contribution in [2.75, 3.05) is 5.08 Å². The van der Waals surface area contributed by atoms with Crippen molar-refractivity contribution >= 4 is 23.5 Å². The molecule has 0 unspecified atom stereocenters. The maximum absolute atomic E-state index is 2.23. The summed E-state index contributed by atoms with van der Waals surface area (Å²) in [4.78, 5) is 0. The van der Waals surface area contributed by atoms with Crippen LogP contribution < -0.4 is 0 Å². The second kappa shape index (κ2) is 7.49. The fourth-order valence-electron chi connectivity index (χ4n) is 2.34. The summed E-state index contributed by atoms with van der Waals surface area (Å²) >= 11 is 4.47. The Morgan fingerprint density at radius 2 is 1.07 bits per heavy atom. The van der Waals surface area contributed by atoms with Crippen molar-refractivity contribution in [2.45, 2.75) is 61.9 Å². The quantitative estimate of drug-likeness (QED) is 0.553. The fraction of sp³-hybridized carbons (Fsp3) is 1.00. The van der Waals surface area contributed by atoms with Crippen LogP contribution in [0.2, 0.25) is 0 Å². The molecule has 14 heavy (non-hydrogen) atoms. The third-order valence-corrected chi connectivity index (χ3v) is 6.19. The van der Waals surface area contributed by atoms with Crippen molar-refractivity contribution in [3.8, 4) is 0 Å². The molecule has 2 fully saturated rings. The van der Waals surface area contributed by atoms with Gasteiger partial charge in [0.25, 0.3) is 0 Å². The van der Waals surface area contributed by atoms with E-state index < -0.39 is 0 Å². The molecule has 0 spiro atoms. The summed E-state index contributed by atoms with van der Waals surface area (Å²) in [5.41, 5.74) is 0. The van der Waals surface area contributed by atoms with Crippen LogP contribution in [0.25, 0.3) is 0 Å². The van der Waals surface area contributed by atoms with E-state index in [1.54, 1.807) is 0 Å². The minimum Gasteiger partial charge on any atom is -0.148 e. The first-order chi connectivity index (χ1) is 6.45. The molecule has 0 aromatic rings. The van der Waals surface area contributed by atoms with E-state index in [0.29, 0.717) is 0 Å². The average Bonchev–Trinajstić information content (AvgIpc) is 2.75. The molecule has 0 aromatic heterocycles. The number of rotatable bonds is 4. The van der Waals surface area contributed by atoms with Gasteiger partial charge in [-0.3, -0.25) is 0 Å². The van der Waals surface area contributed by atoms with E-state index in [-0.39, 0.29) is 17.1 Å². The smallest absolute Gasteiger partial charge is 0.0397 e. The molecule has 84 valence electrons. The van der Waals surface area contributed by atoms with Crippen LogP contribution >= 0.6 is 23.5 Å². The van der Waals surface area contributed by atoms with Crippen molar-refractivity contribution in [3.63, 3.8) is 0 Å². The van der Waals surface area contributed by atoms with Crippen LogP contribution in [0.15, 0.2) is 0 Å². The van der Waals surface area contributed by atoms with Crippen molar-refractivity contribution in [3.05, 3.63) is 0 Å². The summed E-state index contributed by atoms with van der Waals surface area (Å²) in [7, 11) is 0. The van der Waals surface area contributed by atoms with Crippen LogP contribution in [0.4, 0.5) is 0 Å². The monoisotopic (exact) mass is 272 g/mol. The van der Waals surface area contributed by atoms with E-state index >= 15 is 0 Å². The Labute approximate surface area is 107 Å². The molecule has 0 heterocycles. The minimum absolute atomic E-state index is 0. The summed E-state index contributed by atoms with van der Waals surface area (Å²) in [5, 5.41) is 3.41. The van der Waals surface area contributed by atoms with Crippen molar-refractivity contribution in [1.82, 2.24) is 0 Å². The van der Waals surface area contributed by atoms with Gasteiger partial charge in [0.1, 0.15) is 0 Å². The van der Waals surface area contributed by atoms with Crippen LogP contribution in [0.3, 0.4) is 0 Å². The fourth-order valence-corrected chi connectivity index (χ4v) is 5.53. The van der Waals surface area contributed by atoms with Gasteiger partial charge in [0.2, 0.25) is 0 Å². The molecule has 0 atom stereocenters. The van der Waals surface area contributed by atoms with Crippen LogP contribution in [-0.2, 0) is 17.1 Å². The van der Waals surface area contributed by atoms with Gasteiger partial charge >= 0.3 is 0 Å². The van der Waals surface area contributed by atoms with E-state index in [4.69, 9.17) is 0 Å². The number of hydrogen-bond donors (Lipinski definition) is 0. The Kier molecular flexibility index (Phi) is 7.10. The zero-order chi connectivity index (χ0) is 8.93. The van der Waals surface area contributed by atoms with E-state index in [1.165, 1.54) is 56.5 Å². The third-order valence-electron chi connectivity index (χ3n) is 3.21. The van der Waals surface area contributed by atoms with Crippen molar-refractivity contribution in [2.24, 2.45) is 0 Å². The van der Waals surface area contributed by atoms with Crippen LogP contribution in [0.1, 0.15) is 51.4 Å². The van der Waals surface area contributed by atoms with Crippen molar-refractivity contribution in [1.29, 1.82) is 0 Å². The first-order valence-corrected chi connectivity index (χ1v) is 7.78. The summed E-state index contributed by atoms with van der Waals surface area (Å²) in [6, 6.07) is 0. The van der Waals surface area contributed by atoms with Gasteiger partial charge in [-0.1, -0.05) is 25.7 Å². The molecular formula is C11H20FeS2. The van der Waals surface area contributed by atoms with Crippen LogP contribution in [0, 0.1) is 0 Å². The molecule has 2 saturated carbocycles. The molecule has 0 bridgehead atoms. The summed E-state index contributed by atoms with van der Waals surface area (Å²) < 4.78 is 0. The van der Waals surface area contributed by atoms with Crippen LogP contribution in [-0.4, -0.2) is 15.6 Å². The second-order valence-corrected chi connectivity index (χ2v) is 7.21. The summed E-state index contributed by atoms with van der Waals surface area (Å²) in [6.07, 6.45) is 12.0. The molecule has 0 amide bonds. The maximum Gasteiger partial charge on any atom is 0.0397 e. The number of hydrogen-bond acceptors (Lipinski definition) is 2. The van der Waals surface area contributed by atoms with E-state index in [0.717, 1.165) is 10.5 Å². The van der Waals surface area contributed by atoms with E-state index in [2.05, 4.69) is 23.5 Å². The van der Waals surface area contributed by atoms with Crippen molar-refractivity contribution < 1.29 is 17.1 Å². The molecule has 2 aliphatic carbocycles. The van der Waals surface area contributed by atoms with Gasteiger partial charge in [-0.2, -0.15) is 0 Å². The molecule has 0 aliphatic heterocycles. The Bertz CT molecular complexity index is 124. The number of thioether (sulfide) groups is 2. The largest absolute Gasteiger partial charge is 0.148 e. The average molecular weight is 272 g/mol. The summed E-state index contributed by atoms with van der Waals surface area (Å²) in [5.74, 6) is 0. The Morgan fingerprint density at radius 1 is 0.714 bits per heavy atom.